The van der Waals surface area contributed by atoms with Crippen molar-refractivity contribution in [2.24, 2.45) is 0 Å². The number of rotatable bonds is 8. The van der Waals surface area contributed by atoms with Crippen LogP contribution >= 0.6 is 11.6 Å². The van der Waals surface area contributed by atoms with Gasteiger partial charge in [0.1, 0.15) is 6.54 Å². The summed E-state index contributed by atoms with van der Waals surface area (Å²) in [5.74, 6) is 0.0641. The predicted molar refractivity (Wildman–Crippen MR) is 109 cm³/mol. The van der Waals surface area contributed by atoms with Crippen molar-refractivity contribution in [1.82, 2.24) is 5.32 Å². The average Bonchev–Trinajstić information content (AvgIpc) is 2.62. The first kappa shape index (κ1) is 20.3. The molecular formula is C21H29ClN3O+. The molecule has 2 atom stereocenters. The van der Waals surface area contributed by atoms with E-state index in [0.29, 0.717) is 11.6 Å². The summed E-state index contributed by atoms with van der Waals surface area (Å²) < 4.78 is 0. The average molecular weight is 375 g/mol. The Morgan fingerprint density at radius 3 is 2.27 bits per heavy atom. The van der Waals surface area contributed by atoms with Gasteiger partial charge in [0.05, 0.1) is 12.6 Å². The maximum absolute atomic E-state index is 12.4. The Morgan fingerprint density at radius 1 is 1.12 bits per heavy atom. The molecule has 0 aliphatic rings. The van der Waals surface area contributed by atoms with Crippen LogP contribution in [0, 0.1) is 0 Å². The van der Waals surface area contributed by atoms with Gasteiger partial charge < -0.3 is 15.1 Å². The normalized spacial score (nSPS) is 13.1. The van der Waals surface area contributed by atoms with Gasteiger partial charge in [-0.15, -0.1) is 0 Å². The summed E-state index contributed by atoms with van der Waals surface area (Å²) in [6.45, 7) is 6.31. The molecule has 2 N–H and O–H groups in total. The van der Waals surface area contributed by atoms with Crippen LogP contribution < -0.4 is 15.1 Å². The van der Waals surface area contributed by atoms with Gasteiger partial charge in [-0.05, 0) is 43.7 Å². The smallest absolute Gasteiger partial charge is 0.275 e. The number of hydrogen-bond donors (Lipinski definition) is 2. The van der Waals surface area contributed by atoms with Gasteiger partial charge in [-0.3, -0.25) is 4.79 Å². The van der Waals surface area contributed by atoms with Crippen molar-refractivity contribution >= 4 is 23.2 Å². The molecular weight excluding hydrogens is 346 g/mol. The van der Waals surface area contributed by atoms with Crippen LogP contribution in [0.25, 0.3) is 0 Å². The predicted octanol–water partition coefficient (Wildman–Crippen LogP) is 2.69. The Kier molecular flexibility index (Phi) is 7.49. The molecule has 0 heterocycles. The van der Waals surface area contributed by atoms with E-state index in [9.17, 15) is 4.79 Å². The van der Waals surface area contributed by atoms with E-state index >= 15 is 0 Å². The maximum Gasteiger partial charge on any atom is 0.275 e. The number of anilines is 1. The van der Waals surface area contributed by atoms with E-state index in [0.717, 1.165) is 18.7 Å². The number of nitrogens with one attached hydrogen (secondary N) is 2. The van der Waals surface area contributed by atoms with Gasteiger partial charge in [-0.2, -0.15) is 0 Å². The Bertz CT molecular complexity index is 698. The first-order chi connectivity index (χ1) is 12.4. The zero-order chi connectivity index (χ0) is 19.1. The van der Waals surface area contributed by atoms with Gasteiger partial charge in [0.2, 0.25) is 0 Å². The number of nitrogens with zero attached hydrogens (tertiary/aromatic N) is 1. The molecule has 2 aromatic rings. The highest BCUT2D eigenvalue weighted by molar-refractivity contribution is 6.30. The summed E-state index contributed by atoms with van der Waals surface area (Å²) in [6.07, 6.45) is 0. The van der Waals surface area contributed by atoms with Crippen molar-refractivity contribution in [2.75, 3.05) is 32.1 Å². The highest BCUT2D eigenvalue weighted by Gasteiger charge is 2.16. The minimum absolute atomic E-state index is 0.0303. The van der Waals surface area contributed by atoms with Gasteiger partial charge in [0.25, 0.3) is 5.91 Å². The van der Waals surface area contributed by atoms with E-state index in [1.807, 2.05) is 45.3 Å². The van der Waals surface area contributed by atoms with Crippen LogP contribution in [0.3, 0.4) is 0 Å². The number of carbonyl (C=O) groups excluding carboxylic acids is 1. The fourth-order valence-corrected chi connectivity index (χ4v) is 2.99. The Balaban J connectivity index is 1.89. The van der Waals surface area contributed by atoms with Crippen molar-refractivity contribution in [3.63, 3.8) is 0 Å². The summed E-state index contributed by atoms with van der Waals surface area (Å²) in [5.41, 5.74) is 3.48. The zero-order valence-electron chi connectivity index (χ0n) is 16.1. The summed E-state index contributed by atoms with van der Waals surface area (Å²) in [7, 11) is 4.07. The second-order valence-electron chi connectivity index (χ2n) is 6.86. The van der Waals surface area contributed by atoms with Crippen LogP contribution in [0.2, 0.25) is 5.02 Å². The van der Waals surface area contributed by atoms with Crippen molar-refractivity contribution < 1.29 is 9.69 Å². The van der Waals surface area contributed by atoms with Crippen molar-refractivity contribution in [3.05, 3.63) is 64.7 Å². The minimum Gasteiger partial charge on any atom is -0.378 e. The van der Waals surface area contributed by atoms with Gasteiger partial charge >= 0.3 is 0 Å². The molecule has 26 heavy (non-hydrogen) atoms. The molecule has 0 aliphatic heterocycles. The SMILES string of the molecule is CC[NH+](CC(=O)N[C@@H](C)c1ccc(Cl)cc1)Cc1ccc(N(C)C)cc1. The molecule has 0 aromatic heterocycles. The van der Waals surface area contributed by atoms with E-state index in [-0.39, 0.29) is 11.9 Å². The lowest BCUT2D eigenvalue weighted by Crippen LogP contribution is -3.11. The number of benzene rings is 2. The zero-order valence-corrected chi connectivity index (χ0v) is 16.8. The third-order valence-electron chi connectivity index (χ3n) is 4.56. The summed E-state index contributed by atoms with van der Waals surface area (Å²) in [4.78, 5) is 15.8. The molecule has 0 saturated carbocycles. The molecule has 0 radical (unpaired) electrons. The van der Waals surface area contributed by atoms with Crippen LogP contribution in [-0.2, 0) is 11.3 Å². The highest BCUT2D eigenvalue weighted by atomic mass is 35.5. The summed E-state index contributed by atoms with van der Waals surface area (Å²) in [5, 5.41) is 3.78. The molecule has 0 spiro atoms. The fraction of sp³-hybridized carbons (Fsp3) is 0.381. The van der Waals surface area contributed by atoms with Crippen LogP contribution in [0.1, 0.15) is 31.0 Å². The molecule has 4 nitrogen and oxygen atoms in total. The topological polar surface area (TPSA) is 36.8 Å². The van der Waals surface area contributed by atoms with E-state index in [4.69, 9.17) is 11.6 Å². The molecule has 2 aromatic carbocycles. The number of likely N-dealkylation sites (N-methyl/N-ethyl adjacent to an activating group) is 1. The second kappa shape index (κ2) is 9.60. The Morgan fingerprint density at radius 2 is 1.73 bits per heavy atom. The van der Waals surface area contributed by atoms with Crippen molar-refractivity contribution in [1.29, 1.82) is 0 Å². The number of hydrogen-bond acceptors (Lipinski definition) is 2. The monoisotopic (exact) mass is 374 g/mol. The first-order valence-electron chi connectivity index (χ1n) is 9.03. The second-order valence-corrected chi connectivity index (χ2v) is 7.30. The first-order valence-corrected chi connectivity index (χ1v) is 9.41. The van der Waals surface area contributed by atoms with Gasteiger partial charge in [-0.25, -0.2) is 0 Å². The van der Waals surface area contributed by atoms with Crippen LogP contribution in [0.5, 0.6) is 0 Å². The van der Waals surface area contributed by atoms with Crippen LogP contribution in [-0.4, -0.2) is 33.1 Å². The van der Waals surface area contributed by atoms with Crippen LogP contribution in [0.4, 0.5) is 5.69 Å². The minimum atomic E-state index is -0.0303. The third-order valence-corrected chi connectivity index (χ3v) is 4.82. The lowest BCUT2D eigenvalue weighted by Gasteiger charge is -2.20. The number of carbonyl (C=O) groups is 1. The Labute approximate surface area is 161 Å². The quantitative estimate of drug-likeness (QED) is 0.745. The molecule has 1 unspecified atom stereocenters. The lowest BCUT2D eigenvalue weighted by molar-refractivity contribution is -0.904. The molecule has 0 aliphatic carbocycles. The summed E-state index contributed by atoms with van der Waals surface area (Å²) >= 11 is 5.92. The van der Waals surface area contributed by atoms with Crippen LogP contribution in [0.15, 0.2) is 48.5 Å². The fourth-order valence-electron chi connectivity index (χ4n) is 2.87. The van der Waals surface area contributed by atoms with E-state index in [1.165, 1.54) is 16.2 Å². The Hall–Kier alpha value is -2.04. The van der Waals surface area contributed by atoms with Gasteiger partial charge in [0.15, 0.2) is 6.54 Å². The van der Waals surface area contributed by atoms with Crippen molar-refractivity contribution in [2.45, 2.75) is 26.4 Å². The summed E-state index contributed by atoms with van der Waals surface area (Å²) in [6, 6.07) is 16.1. The number of halogens is 1. The van der Waals surface area contributed by atoms with Gasteiger partial charge in [-0.1, -0.05) is 35.9 Å². The van der Waals surface area contributed by atoms with E-state index in [1.54, 1.807) is 0 Å². The molecule has 0 saturated heterocycles. The third kappa shape index (κ3) is 6.04. The van der Waals surface area contributed by atoms with Gasteiger partial charge in [0, 0.05) is 30.4 Å². The molecule has 1 amide bonds. The molecule has 0 fully saturated rings. The number of amides is 1. The largest absolute Gasteiger partial charge is 0.378 e. The standard InChI is InChI=1S/C21H28ClN3O/c1-5-25(14-17-6-12-20(13-7-17)24(3)4)15-21(26)23-16(2)18-8-10-19(22)11-9-18/h6-13,16H,5,14-15H2,1-4H3,(H,23,26)/p+1/t16-/m0/s1. The number of quaternary nitrogens is 1. The lowest BCUT2D eigenvalue weighted by atomic mass is 10.1. The van der Waals surface area contributed by atoms with E-state index < -0.39 is 0 Å². The van der Waals surface area contributed by atoms with Crippen molar-refractivity contribution in [3.8, 4) is 0 Å². The maximum atomic E-state index is 12.4. The molecule has 2 rings (SSSR count). The molecule has 0 bridgehead atoms. The highest BCUT2D eigenvalue weighted by Crippen LogP contribution is 2.15. The van der Waals surface area contributed by atoms with E-state index in [2.05, 4.69) is 41.4 Å². The molecule has 140 valence electrons. The molecule has 5 heteroatoms.